The summed E-state index contributed by atoms with van der Waals surface area (Å²) in [6.45, 7) is -0.139. The van der Waals surface area contributed by atoms with Crippen LogP contribution in [0, 0.1) is 0 Å². The Labute approximate surface area is 102 Å². The lowest BCUT2D eigenvalue weighted by molar-refractivity contribution is -0.142. The molecule has 1 unspecified atom stereocenters. The smallest absolute Gasteiger partial charge is 0.326 e. The van der Waals surface area contributed by atoms with E-state index in [-0.39, 0.29) is 19.4 Å². The van der Waals surface area contributed by atoms with Gasteiger partial charge in [0.25, 0.3) is 0 Å². The molecular weight excluding hydrogens is 242 g/mol. The molecule has 18 heavy (non-hydrogen) atoms. The van der Waals surface area contributed by atoms with Crippen LogP contribution in [0.15, 0.2) is 12.7 Å². The number of rotatable bonds is 7. The Bertz CT molecular complexity index is 430. The monoisotopic (exact) mass is 255 g/mol. The predicted octanol–water partition coefficient (Wildman–Crippen LogP) is -1.89. The molecule has 0 fully saturated rings. The SMILES string of the molecule is NC(=O)CCC(NC(=O)Cn1cncn1)C(=O)O. The number of nitrogens with one attached hydrogen (secondary N) is 1. The first-order chi connectivity index (χ1) is 8.49. The van der Waals surface area contributed by atoms with Crippen molar-refractivity contribution in [1.29, 1.82) is 0 Å². The Kier molecular flexibility index (Phi) is 4.78. The summed E-state index contributed by atoms with van der Waals surface area (Å²) < 4.78 is 1.25. The van der Waals surface area contributed by atoms with Crippen LogP contribution in [-0.4, -0.2) is 43.7 Å². The molecular formula is C9H13N5O4. The largest absolute Gasteiger partial charge is 0.480 e. The molecule has 2 amide bonds. The van der Waals surface area contributed by atoms with Crippen molar-refractivity contribution in [2.75, 3.05) is 0 Å². The highest BCUT2D eigenvalue weighted by Gasteiger charge is 2.20. The average Bonchev–Trinajstić information content (AvgIpc) is 2.76. The van der Waals surface area contributed by atoms with E-state index in [1.165, 1.54) is 17.3 Å². The van der Waals surface area contributed by atoms with E-state index in [0.717, 1.165) is 0 Å². The Hall–Kier alpha value is -2.45. The third-order valence-corrected chi connectivity index (χ3v) is 2.08. The van der Waals surface area contributed by atoms with Gasteiger partial charge in [-0.25, -0.2) is 14.5 Å². The van der Waals surface area contributed by atoms with Crippen molar-refractivity contribution in [1.82, 2.24) is 20.1 Å². The highest BCUT2D eigenvalue weighted by molar-refractivity contribution is 5.84. The molecule has 1 aromatic rings. The van der Waals surface area contributed by atoms with Gasteiger partial charge >= 0.3 is 5.97 Å². The van der Waals surface area contributed by atoms with Crippen molar-refractivity contribution in [3.05, 3.63) is 12.7 Å². The Morgan fingerprint density at radius 2 is 2.17 bits per heavy atom. The van der Waals surface area contributed by atoms with Gasteiger partial charge in [-0.05, 0) is 6.42 Å². The van der Waals surface area contributed by atoms with Gasteiger partial charge in [0.2, 0.25) is 11.8 Å². The zero-order valence-electron chi connectivity index (χ0n) is 9.44. The molecule has 0 spiro atoms. The fourth-order valence-electron chi connectivity index (χ4n) is 1.25. The van der Waals surface area contributed by atoms with Gasteiger partial charge in [-0.2, -0.15) is 5.10 Å². The number of amides is 2. The van der Waals surface area contributed by atoms with E-state index in [9.17, 15) is 14.4 Å². The second-order valence-corrected chi connectivity index (χ2v) is 3.56. The lowest BCUT2D eigenvalue weighted by Gasteiger charge is -2.13. The number of nitrogens with two attached hydrogens (primary N) is 1. The van der Waals surface area contributed by atoms with E-state index in [4.69, 9.17) is 10.8 Å². The van der Waals surface area contributed by atoms with Gasteiger partial charge in [0.1, 0.15) is 25.2 Å². The number of hydrogen-bond donors (Lipinski definition) is 3. The van der Waals surface area contributed by atoms with Crippen LogP contribution in [0.25, 0.3) is 0 Å². The molecule has 0 aliphatic heterocycles. The third-order valence-electron chi connectivity index (χ3n) is 2.08. The highest BCUT2D eigenvalue weighted by Crippen LogP contribution is 1.97. The minimum absolute atomic E-state index is 0.0479. The second-order valence-electron chi connectivity index (χ2n) is 3.56. The van der Waals surface area contributed by atoms with Crippen LogP contribution in [0.5, 0.6) is 0 Å². The summed E-state index contributed by atoms with van der Waals surface area (Å²) in [7, 11) is 0. The van der Waals surface area contributed by atoms with Gasteiger partial charge in [-0.3, -0.25) is 9.59 Å². The summed E-state index contributed by atoms with van der Waals surface area (Å²) in [6.07, 6.45) is 2.43. The van der Waals surface area contributed by atoms with Crippen molar-refractivity contribution >= 4 is 17.8 Å². The van der Waals surface area contributed by atoms with Gasteiger partial charge in [-0.1, -0.05) is 0 Å². The topological polar surface area (TPSA) is 140 Å². The molecule has 0 bridgehead atoms. The molecule has 0 aromatic carbocycles. The van der Waals surface area contributed by atoms with Crippen LogP contribution < -0.4 is 11.1 Å². The van der Waals surface area contributed by atoms with E-state index in [0.29, 0.717) is 0 Å². The molecule has 9 heteroatoms. The minimum Gasteiger partial charge on any atom is -0.480 e. The van der Waals surface area contributed by atoms with Crippen LogP contribution in [0.4, 0.5) is 0 Å². The molecule has 0 saturated carbocycles. The maximum atomic E-state index is 11.5. The molecule has 0 saturated heterocycles. The van der Waals surface area contributed by atoms with Crippen molar-refractivity contribution < 1.29 is 19.5 Å². The highest BCUT2D eigenvalue weighted by atomic mass is 16.4. The van der Waals surface area contributed by atoms with E-state index < -0.39 is 23.8 Å². The van der Waals surface area contributed by atoms with Crippen molar-refractivity contribution in [3.63, 3.8) is 0 Å². The molecule has 1 rings (SSSR count). The van der Waals surface area contributed by atoms with Crippen molar-refractivity contribution in [2.24, 2.45) is 5.73 Å². The molecule has 98 valence electrons. The quantitative estimate of drug-likeness (QED) is 0.520. The first kappa shape index (κ1) is 13.6. The Balaban J connectivity index is 2.47. The van der Waals surface area contributed by atoms with E-state index >= 15 is 0 Å². The van der Waals surface area contributed by atoms with E-state index in [2.05, 4.69) is 15.4 Å². The van der Waals surface area contributed by atoms with E-state index in [1.54, 1.807) is 0 Å². The maximum absolute atomic E-state index is 11.5. The summed E-state index contributed by atoms with van der Waals surface area (Å²) in [5, 5.41) is 14.8. The number of carbonyl (C=O) groups is 3. The first-order valence-electron chi connectivity index (χ1n) is 5.12. The molecule has 1 aromatic heterocycles. The summed E-state index contributed by atoms with van der Waals surface area (Å²) in [5.41, 5.74) is 4.91. The number of carboxylic acids is 1. The van der Waals surface area contributed by atoms with Crippen LogP contribution >= 0.6 is 0 Å². The van der Waals surface area contributed by atoms with Crippen molar-refractivity contribution in [2.45, 2.75) is 25.4 Å². The summed E-state index contributed by atoms with van der Waals surface area (Å²) in [4.78, 5) is 36.5. The number of carboxylic acid groups (broad SMARTS) is 1. The van der Waals surface area contributed by atoms with Gasteiger partial charge in [0.15, 0.2) is 0 Å². The number of hydrogen-bond acceptors (Lipinski definition) is 5. The summed E-state index contributed by atoms with van der Waals surface area (Å²) in [6, 6.07) is -1.14. The predicted molar refractivity (Wildman–Crippen MR) is 58.0 cm³/mol. The molecule has 0 aliphatic rings. The number of aliphatic carboxylic acids is 1. The molecule has 1 atom stereocenters. The number of aromatic nitrogens is 3. The number of nitrogens with zero attached hydrogens (tertiary/aromatic N) is 3. The standard InChI is InChI=1S/C9H13N5O4/c10-7(15)2-1-6(9(17)18)13-8(16)3-14-5-11-4-12-14/h4-6H,1-3H2,(H2,10,15)(H,13,16)(H,17,18). The zero-order chi connectivity index (χ0) is 13.5. The fraction of sp³-hybridized carbons (Fsp3) is 0.444. The molecule has 0 aliphatic carbocycles. The van der Waals surface area contributed by atoms with Gasteiger partial charge in [-0.15, -0.1) is 0 Å². The zero-order valence-corrected chi connectivity index (χ0v) is 9.44. The summed E-state index contributed by atoms with van der Waals surface area (Å²) >= 11 is 0. The maximum Gasteiger partial charge on any atom is 0.326 e. The van der Waals surface area contributed by atoms with Crippen molar-refractivity contribution in [3.8, 4) is 0 Å². The first-order valence-corrected chi connectivity index (χ1v) is 5.12. The second kappa shape index (κ2) is 6.33. The van der Waals surface area contributed by atoms with E-state index in [1.807, 2.05) is 0 Å². The number of primary amides is 1. The van der Waals surface area contributed by atoms with Crippen LogP contribution in [0.1, 0.15) is 12.8 Å². The summed E-state index contributed by atoms with van der Waals surface area (Å²) in [5.74, 6) is -2.37. The fourth-order valence-corrected chi connectivity index (χ4v) is 1.25. The van der Waals surface area contributed by atoms with Gasteiger partial charge < -0.3 is 16.2 Å². The third kappa shape index (κ3) is 4.60. The normalized spacial score (nSPS) is 11.8. The number of carbonyl (C=O) groups excluding carboxylic acids is 2. The Morgan fingerprint density at radius 1 is 1.44 bits per heavy atom. The molecule has 0 radical (unpaired) electrons. The van der Waals surface area contributed by atoms with Crippen LogP contribution in [-0.2, 0) is 20.9 Å². The van der Waals surface area contributed by atoms with Crippen LogP contribution in [0.2, 0.25) is 0 Å². The Morgan fingerprint density at radius 3 is 2.67 bits per heavy atom. The minimum atomic E-state index is -1.22. The molecule has 9 nitrogen and oxygen atoms in total. The average molecular weight is 255 g/mol. The van der Waals surface area contributed by atoms with Crippen LogP contribution in [0.3, 0.4) is 0 Å². The lowest BCUT2D eigenvalue weighted by atomic mass is 10.1. The van der Waals surface area contributed by atoms with Gasteiger partial charge in [0.05, 0.1) is 0 Å². The molecule has 4 N–H and O–H groups in total. The molecule has 1 heterocycles. The lowest BCUT2D eigenvalue weighted by Crippen LogP contribution is -2.42. The van der Waals surface area contributed by atoms with Gasteiger partial charge in [0, 0.05) is 6.42 Å².